The number of carboxylic acid groups (broad SMARTS) is 1. The van der Waals surface area contributed by atoms with Crippen LogP contribution in [0.1, 0.15) is 23.7 Å². The van der Waals surface area contributed by atoms with Crippen LogP contribution in [0.4, 0.5) is 5.82 Å². The molecule has 1 aliphatic rings. The molecule has 9 heteroatoms. The quantitative estimate of drug-likeness (QED) is 0.646. The van der Waals surface area contributed by atoms with Gasteiger partial charge in [0.2, 0.25) is 0 Å². The molecule has 2 N–H and O–H groups in total. The third-order valence-corrected chi connectivity index (χ3v) is 3.60. The van der Waals surface area contributed by atoms with Crippen molar-refractivity contribution in [2.75, 3.05) is 0 Å². The van der Waals surface area contributed by atoms with Gasteiger partial charge in [-0.05, 0) is 52.9 Å². The van der Waals surface area contributed by atoms with Crippen LogP contribution >= 0.6 is 0 Å². The Labute approximate surface area is 137 Å². The van der Waals surface area contributed by atoms with Gasteiger partial charge in [-0.25, -0.2) is 0 Å². The van der Waals surface area contributed by atoms with Crippen molar-refractivity contribution in [2.24, 2.45) is 0 Å². The zero-order valence-corrected chi connectivity index (χ0v) is 12.6. The normalized spacial score (nSPS) is 15.7. The summed E-state index contributed by atoms with van der Waals surface area (Å²) in [6, 6.07) is 6.29. The van der Waals surface area contributed by atoms with Gasteiger partial charge in [0.05, 0.1) is 12.5 Å². The molecule has 0 amide bonds. The van der Waals surface area contributed by atoms with E-state index in [0.717, 1.165) is 5.56 Å². The molecule has 0 spiro atoms. The fourth-order valence-corrected chi connectivity index (χ4v) is 2.65. The highest BCUT2D eigenvalue weighted by Crippen LogP contribution is 2.32. The molecule has 8 nitrogen and oxygen atoms in total. The molecule has 120 valence electrons. The smallest absolute Gasteiger partial charge is 0.481 e. The first-order valence-corrected chi connectivity index (χ1v) is 7.06. The Bertz CT molecular complexity index is 834. The van der Waals surface area contributed by atoms with E-state index in [9.17, 15) is 9.82 Å². The van der Waals surface area contributed by atoms with Crippen LogP contribution in [0.5, 0.6) is 11.6 Å². The average molecular weight is 325 g/mol. The van der Waals surface area contributed by atoms with E-state index >= 15 is 0 Å². The lowest BCUT2D eigenvalue weighted by atomic mass is 9.77. The summed E-state index contributed by atoms with van der Waals surface area (Å²) in [5.74, 6) is -0.227. The Hall–Kier alpha value is -2.96. The molecule has 0 bridgehead atoms. The zero-order valence-electron chi connectivity index (χ0n) is 12.6. The number of hydrogen-bond acceptors (Lipinski definition) is 6. The summed E-state index contributed by atoms with van der Waals surface area (Å²) in [6.07, 6.45) is -0.923. The molecule has 2 heterocycles. The van der Waals surface area contributed by atoms with Crippen LogP contribution in [-0.4, -0.2) is 33.4 Å². The van der Waals surface area contributed by atoms with E-state index in [0.29, 0.717) is 16.8 Å². The number of fused-ring (bicyclic) bond motifs is 1. The molecule has 1 atom stereocenters. The van der Waals surface area contributed by atoms with Gasteiger partial charge in [-0.1, -0.05) is 6.57 Å². The van der Waals surface area contributed by atoms with Crippen LogP contribution in [0.3, 0.4) is 0 Å². The average Bonchev–Trinajstić information content (AvgIpc) is 2.84. The number of nitrogens with zero attached hydrogens (tertiary/aromatic N) is 3. The molecule has 1 aromatic heterocycles. The van der Waals surface area contributed by atoms with Crippen molar-refractivity contribution in [2.45, 2.75) is 19.4 Å². The van der Waals surface area contributed by atoms with Crippen LogP contribution in [0.2, 0.25) is 0 Å². The predicted octanol–water partition coefficient (Wildman–Crippen LogP) is 1.36. The summed E-state index contributed by atoms with van der Waals surface area (Å²) >= 11 is 0. The minimum absolute atomic E-state index is 0.160. The van der Waals surface area contributed by atoms with Gasteiger partial charge in [0.1, 0.15) is 5.75 Å². The third-order valence-electron chi connectivity index (χ3n) is 3.60. The van der Waals surface area contributed by atoms with Crippen molar-refractivity contribution in [3.8, 4) is 11.6 Å². The molecule has 0 saturated heterocycles. The maximum atomic E-state index is 10.9. The second-order valence-corrected chi connectivity index (χ2v) is 5.26. The lowest BCUT2D eigenvalue weighted by Crippen LogP contribution is -2.28. The van der Waals surface area contributed by atoms with Crippen LogP contribution in [-0.2, 0) is 9.45 Å². The SMILES string of the molecule is [C-]#[N+]c1ccc(Oc2cc(C)c3c(c2)B(O)OC3CC(=O)O)nn1. The number of benzene rings is 1. The molecule has 0 radical (unpaired) electrons. The second kappa shape index (κ2) is 6.27. The maximum absolute atomic E-state index is 10.9. The summed E-state index contributed by atoms with van der Waals surface area (Å²) < 4.78 is 10.9. The Morgan fingerprint density at radius 2 is 2.25 bits per heavy atom. The minimum atomic E-state index is -1.21. The number of hydrogen-bond donors (Lipinski definition) is 2. The molecule has 2 aromatic rings. The molecule has 0 saturated carbocycles. The predicted molar refractivity (Wildman–Crippen MR) is 83.2 cm³/mol. The fourth-order valence-electron chi connectivity index (χ4n) is 2.65. The molecule has 1 aliphatic heterocycles. The number of aromatic nitrogens is 2. The molecule has 1 aromatic carbocycles. The van der Waals surface area contributed by atoms with Crippen molar-refractivity contribution in [3.05, 3.63) is 46.8 Å². The highest BCUT2D eigenvalue weighted by molar-refractivity contribution is 6.62. The maximum Gasteiger partial charge on any atom is 0.492 e. The highest BCUT2D eigenvalue weighted by atomic mass is 16.5. The van der Waals surface area contributed by atoms with Crippen LogP contribution in [0.15, 0.2) is 24.3 Å². The van der Waals surface area contributed by atoms with Crippen LogP contribution in [0.25, 0.3) is 4.85 Å². The summed E-state index contributed by atoms with van der Waals surface area (Å²) in [5, 5.41) is 26.4. The fraction of sp³-hybridized carbons (Fsp3) is 0.200. The van der Waals surface area contributed by atoms with Gasteiger partial charge < -0.3 is 24.4 Å². The van der Waals surface area contributed by atoms with Crippen molar-refractivity contribution in [1.29, 1.82) is 0 Å². The van der Waals surface area contributed by atoms with E-state index in [1.54, 1.807) is 19.1 Å². The van der Waals surface area contributed by atoms with Crippen molar-refractivity contribution in [1.82, 2.24) is 10.2 Å². The summed E-state index contributed by atoms with van der Waals surface area (Å²) in [6.45, 7) is 8.62. The first kappa shape index (κ1) is 15.9. The Morgan fingerprint density at radius 1 is 1.46 bits per heavy atom. The second-order valence-electron chi connectivity index (χ2n) is 5.26. The Balaban J connectivity index is 1.89. The van der Waals surface area contributed by atoms with Crippen LogP contribution in [0, 0.1) is 13.5 Å². The molecule has 3 rings (SSSR count). The lowest BCUT2D eigenvalue weighted by molar-refractivity contribution is -0.138. The Kier molecular flexibility index (Phi) is 4.16. The number of ether oxygens (including phenoxy) is 1. The van der Waals surface area contributed by atoms with Crippen molar-refractivity contribution >= 4 is 24.4 Å². The van der Waals surface area contributed by atoms with E-state index in [1.807, 2.05) is 0 Å². The third kappa shape index (κ3) is 3.06. The number of carbonyl (C=O) groups is 1. The van der Waals surface area contributed by atoms with E-state index in [1.165, 1.54) is 12.1 Å². The van der Waals surface area contributed by atoms with Gasteiger partial charge in [-0.3, -0.25) is 4.79 Å². The largest absolute Gasteiger partial charge is 0.492 e. The van der Waals surface area contributed by atoms with Gasteiger partial charge in [0.15, 0.2) is 0 Å². The number of aliphatic carboxylic acids is 1. The van der Waals surface area contributed by atoms with Gasteiger partial charge in [0, 0.05) is 5.10 Å². The standard InChI is InChI=1S/C15H12BN3O5/c1-8-5-9(23-13-4-3-12(17-2)18-19-13)6-10-15(8)11(7-14(20)21)24-16(10)22/h3-6,11,22H,7H2,1H3,(H,20,21). The molecule has 1 unspecified atom stereocenters. The first-order valence-electron chi connectivity index (χ1n) is 7.06. The number of carboxylic acids is 1. The van der Waals surface area contributed by atoms with Gasteiger partial charge >= 0.3 is 13.1 Å². The van der Waals surface area contributed by atoms with Gasteiger partial charge in [-0.2, -0.15) is 0 Å². The Morgan fingerprint density at radius 3 is 2.88 bits per heavy atom. The van der Waals surface area contributed by atoms with E-state index in [-0.39, 0.29) is 18.1 Å². The number of aryl methyl sites for hydroxylation is 1. The van der Waals surface area contributed by atoms with E-state index in [2.05, 4.69) is 15.0 Å². The van der Waals surface area contributed by atoms with Crippen molar-refractivity contribution in [3.63, 3.8) is 0 Å². The molecule has 0 aliphatic carbocycles. The molecular formula is C15H12BN3O5. The van der Waals surface area contributed by atoms with Crippen LogP contribution < -0.4 is 10.2 Å². The topological polar surface area (TPSA) is 106 Å². The summed E-state index contributed by atoms with van der Waals surface area (Å²) in [5.41, 5.74) is 1.88. The molecule has 24 heavy (non-hydrogen) atoms. The zero-order chi connectivity index (χ0) is 17.3. The first-order chi connectivity index (χ1) is 11.5. The van der Waals surface area contributed by atoms with Crippen molar-refractivity contribution < 1.29 is 24.3 Å². The number of rotatable bonds is 4. The monoisotopic (exact) mass is 325 g/mol. The highest BCUT2D eigenvalue weighted by Gasteiger charge is 2.37. The lowest BCUT2D eigenvalue weighted by Gasteiger charge is -2.13. The molecule has 0 fully saturated rings. The van der Waals surface area contributed by atoms with Gasteiger partial charge in [0.25, 0.3) is 11.7 Å². The minimum Gasteiger partial charge on any atom is -0.481 e. The summed E-state index contributed by atoms with van der Waals surface area (Å²) in [7, 11) is -1.21. The molecular weight excluding hydrogens is 313 g/mol. The van der Waals surface area contributed by atoms with E-state index < -0.39 is 19.2 Å². The summed E-state index contributed by atoms with van der Waals surface area (Å²) in [4.78, 5) is 14.1. The van der Waals surface area contributed by atoms with E-state index in [4.69, 9.17) is 21.1 Å². The van der Waals surface area contributed by atoms with Gasteiger partial charge in [-0.15, -0.1) is 0 Å².